The van der Waals surface area contributed by atoms with Gasteiger partial charge in [0.25, 0.3) is 5.69 Å². The molecule has 0 fully saturated rings. The average molecular weight is 220 g/mol. The van der Waals surface area contributed by atoms with E-state index in [9.17, 15) is 14.9 Å². The Morgan fingerprint density at radius 1 is 1.44 bits per heavy atom. The number of nitro groups is 1. The SMILES string of the molecule is [N-]=[N+]=NCC(=O)Cc1ccc([N+](=O)[O-])cc1. The molecular weight excluding hydrogens is 212 g/mol. The molecule has 0 bridgehead atoms. The summed E-state index contributed by atoms with van der Waals surface area (Å²) in [7, 11) is 0. The first-order valence-corrected chi connectivity index (χ1v) is 4.39. The molecule has 16 heavy (non-hydrogen) atoms. The van der Waals surface area contributed by atoms with E-state index >= 15 is 0 Å². The Bertz CT molecular complexity index is 448. The van der Waals surface area contributed by atoms with E-state index in [0.717, 1.165) is 0 Å². The fourth-order valence-electron chi connectivity index (χ4n) is 1.13. The summed E-state index contributed by atoms with van der Waals surface area (Å²) in [6.45, 7) is -0.201. The predicted molar refractivity (Wildman–Crippen MR) is 55.8 cm³/mol. The summed E-state index contributed by atoms with van der Waals surface area (Å²) in [4.78, 5) is 23.5. The normalized spacial score (nSPS) is 9.25. The first kappa shape index (κ1) is 11.7. The van der Waals surface area contributed by atoms with E-state index in [2.05, 4.69) is 10.0 Å². The Kier molecular flexibility index (Phi) is 3.99. The lowest BCUT2D eigenvalue weighted by Crippen LogP contribution is -2.05. The van der Waals surface area contributed by atoms with Crippen LogP contribution in [0.15, 0.2) is 29.4 Å². The second kappa shape index (κ2) is 5.47. The molecule has 1 rings (SSSR count). The lowest BCUT2D eigenvalue weighted by atomic mass is 10.1. The van der Waals surface area contributed by atoms with Crippen molar-refractivity contribution in [3.8, 4) is 0 Å². The number of nitrogens with zero attached hydrogens (tertiary/aromatic N) is 4. The van der Waals surface area contributed by atoms with E-state index in [4.69, 9.17) is 5.53 Å². The summed E-state index contributed by atoms with van der Waals surface area (Å²) in [6.07, 6.45) is 0.108. The molecule has 0 N–H and O–H groups in total. The first-order valence-electron chi connectivity index (χ1n) is 4.39. The Hall–Kier alpha value is -2.40. The zero-order valence-corrected chi connectivity index (χ0v) is 8.24. The summed E-state index contributed by atoms with van der Waals surface area (Å²) < 4.78 is 0. The molecule has 1 aromatic carbocycles. The number of carbonyl (C=O) groups excluding carboxylic acids is 1. The molecule has 0 aliphatic heterocycles. The van der Waals surface area contributed by atoms with Crippen LogP contribution in [0.25, 0.3) is 10.4 Å². The standard InChI is InChI=1S/C9H8N4O3/c10-12-11-6-9(14)5-7-1-3-8(4-2-7)13(15)16/h1-4H,5-6H2. The van der Waals surface area contributed by atoms with E-state index in [-0.39, 0.29) is 24.4 Å². The second-order valence-corrected chi connectivity index (χ2v) is 3.03. The van der Waals surface area contributed by atoms with Crippen molar-refractivity contribution < 1.29 is 9.72 Å². The zero-order valence-electron chi connectivity index (χ0n) is 8.24. The molecule has 0 aliphatic carbocycles. The lowest BCUT2D eigenvalue weighted by Gasteiger charge is -1.98. The van der Waals surface area contributed by atoms with Crippen molar-refractivity contribution in [1.29, 1.82) is 0 Å². The van der Waals surface area contributed by atoms with Crippen molar-refractivity contribution in [2.24, 2.45) is 5.11 Å². The third-order valence-electron chi connectivity index (χ3n) is 1.86. The Labute approximate surface area is 90.5 Å². The van der Waals surface area contributed by atoms with E-state index < -0.39 is 4.92 Å². The van der Waals surface area contributed by atoms with Crippen LogP contribution in [0.3, 0.4) is 0 Å². The Morgan fingerprint density at radius 3 is 2.56 bits per heavy atom. The monoisotopic (exact) mass is 220 g/mol. The van der Waals surface area contributed by atoms with Gasteiger partial charge in [-0.05, 0) is 11.1 Å². The van der Waals surface area contributed by atoms with Crippen LogP contribution in [0.4, 0.5) is 5.69 Å². The molecule has 0 aromatic heterocycles. The minimum Gasteiger partial charge on any atom is -0.299 e. The predicted octanol–water partition coefficient (Wildman–Crippen LogP) is 2.02. The van der Waals surface area contributed by atoms with Gasteiger partial charge in [-0.2, -0.15) is 0 Å². The van der Waals surface area contributed by atoms with Gasteiger partial charge in [0.15, 0.2) is 0 Å². The van der Waals surface area contributed by atoms with Crippen molar-refractivity contribution in [3.63, 3.8) is 0 Å². The highest BCUT2D eigenvalue weighted by Crippen LogP contribution is 2.12. The number of benzene rings is 1. The molecule has 7 nitrogen and oxygen atoms in total. The van der Waals surface area contributed by atoms with Crippen LogP contribution in [0.2, 0.25) is 0 Å². The van der Waals surface area contributed by atoms with Crippen LogP contribution >= 0.6 is 0 Å². The maximum Gasteiger partial charge on any atom is 0.269 e. The largest absolute Gasteiger partial charge is 0.299 e. The highest BCUT2D eigenvalue weighted by atomic mass is 16.6. The van der Waals surface area contributed by atoms with Crippen molar-refractivity contribution >= 4 is 11.5 Å². The number of carbonyl (C=O) groups is 1. The van der Waals surface area contributed by atoms with E-state index in [0.29, 0.717) is 5.56 Å². The van der Waals surface area contributed by atoms with Gasteiger partial charge in [-0.3, -0.25) is 14.9 Å². The van der Waals surface area contributed by atoms with Gasteiger partial charge in [0.2, 0.25) is 0 Å². The van der Waals surface area contributed by atoms with Crippen LogP contribution in [-0.2, 0) is 11.2 Å². The molecule has 0 amide bonds. The number of hydrogen-bond acceptors (Lipinski definition) is 4. The topological polar surface area (TPSA) is 109 Å². The highest BCUT2D eigenvalue weighted by molar-refractivity contribution is 5.82. The Morgan fingerprint density at radius 2 is 2.06 bits per heavy atom. The molecular formula is C9H8N4O3. The maximum atomic E-state index is 11.2. The Balaban J connectivity index is 2.65. The molecule has 0 radical (unpaired) electrons. The number of Topliss-reactive ketones (excluding diaryl/α,β-unsaturated/α-hetero) is 1. The van der Waals surface area contributed by atoms with Crippen molar-refractivity contribution in [3.05, 3.63) is 50.4 Å². The number of non-ortho nitro benzene ring substituents is 1. The van der Waals surface area contributed by atoms with Crippen molar-refractivity contribution in [2.45, 2.75) is 6.42 Å². The second-order valence-electron chi connectivity index (χ2n) is 3.03. The molecule has 82 valence electrons. The molecule has 0 atom stereocenters. The maximum absolute atomic E-state index is 11.2. The number of rotatable bonds is 5. The molecule has 1 aromatic rings. The van der Waals surface area contributed by atoms with Gasteiger partial charge in [-0.1, -0.05) is 17.2 Å². The summed E-state index contributed by atoms with van der Waals surface area (Å²) in [6, 6.07) is 5.67. The summed E-state index contributed by atoms with van der Waals surface area (Å²) in [5.41, 5.74) is 8.64. The minimum absolute atomic E-state index is 0.0220. The minimum atomic E-state index is -0.508. The van der Waals surface area contributed by atoms with Crippen LogP contribution in [0, 0.1) is 10.1 Å². The lowest BCUT2D eigenvalue weighted by molar-refractivity contribution is -0.384. The summed E-state index contributed by atoms with van der Waals surface area (Å²) >= 11 is 0. The van der Waals surface area contributed by atoms with Gasteiger partial charge in [-0.25, -0.2) is 0 Å². The van der Waals surface area contributed by atoms with Crippen LogP contribution in [0.1, 0.15) is 5.56 Å². The quantitative estimate of drug-likeness (QED) is 0.249. The van der Waals surface area contributed by atoms with Gasteiger partial charge in [0.1, 0.15) is 5.78 Å². The highest BCUT2D eigenvalue weighted by Gasteiger charge is 2.06. The fourth-order valence-corrected chi connectivity index (χ4v) is 1.13. The van der Waals surface area contributed by atoms with Crippen LogP contribution in [0.5, 0.6) is 0 Å². The number of hydrogen-bond donors (Lipinski definition) is 0. The first-order chi connectivity index (χ1) is 7.63. The van der Waals surface area contributed by atoms with Crippen molar-refractivity contribution in [2.75, 3.05) is 6.54 Å². The molecule has 0 saturated heterocycles. The fraction of sp³-hybridized carbons (Fsp3) is 0.222. The van der Waals surface area contributed by atoms with Gasteiger partial charge in [0, 0.05) is 23.5 Å². The van der Waals surface area contributed by atoms with Gasteiger partial charge < -0.3 is 0 Å². The van der Waals surface area contributed by atoms with E-state index in [1.807, 2.05) is 0 Å². The number of nitro benzene ring substituents is 1. The van der Waals surface area contributed by atoms with Gasteiger partial charge in [-0.15, -0.1) is 0 Å². The molecule has 0 heterocycles. The third-order valence-corrected chi connectivity index (χ3v) is 1.86. The van der Waals surface area contributed by atoms with E-state index in [1.54, 1.807) is 0 Å². The van der Waals surface area contributed by atoms with Crippen LogP contribution < -0.4 is 0 Å². The van der Waals surface area contributed by atoms with Crippen molar-refractivity contribution in [1.82, 2.24) is 0 Å². The average Bonchev–Trinajstić information content (AvgIpc) is 2.27. The zero-order chi connectivity index (χ0) is 12.0. The van der Waals surface area contributed by atoms with Gasteiger partial charge >= 0.3 is 0 Å². The smallest absolute Gasteiger partial charge is 0.269 e. The summed E-state index contributed by atoms with van der Waals surface area (Å²) in [5, 5.41) is 13.5. The van der Waals surface area contributed by atoms with Gasteiger partial charge in [0.05, 0.1) is 11.5 Å². The molecule has 0 aliphatic rings. The van der Waals surface area contributed by atoms with E-state index in [1.165, 1.54) is 24.3 Å². The molecule has 0 unspecified atom stereocenters. The number of ketones is 1. The molecule has 7 heteroatoms. The molecule has 0 saturated carbocycles. The molecule has 0 spiro atoms. The summed E-state index contributed by atoms with van der Waals surface area (Å²) in [5.74, 6) is -0.230. The number of azide groups is 1. The third kappa shape index (κ3) is 3.39. The van der Waals surface area contributed by atoms with Crippen LogP contribution in [-0.4, -0.2) is 17.3 Å².